The Hall–Kier alpha value is -2.15. The monoisotopic (exact) mass is 315 g/mol. The van der Waals surface area contributed by atoms with E-state index in [0.717, 1.165) is 42.8 Å². The third-order valence-corrected chi connectivity index (χ3v) is 5.43. The standard InChI is InChI=1S/C16H21N5O2/c1-20(16-13-2-3-17-15(13)18-9-19-16)12-4-10-6-21(14(23)8-22)7-11(10)5-12/h2-3,9-12,22H,4-8H2,1H3,(H,17,18,19)/t10-,11?,12?/m1/s1. The third kappa shape index (κ3) is 2.35. The molecule has 2 unspecified atom stereocenters. The van der Waals surface area contributed by atoms with Crippen LogP contribution in [-0.4, -0.2) is 63.7 Å². The number of nitrogens with one attached hydrogen (secondary N) is 1. The molecule has 2 fully saturated rings. The van der Waals surface area contributed by atoms with Gasteiger partial charge in [0.2, 0.25) is 5.91 Å². The van der Waals surface area contributed by atoms with E-state index in [0.29, 0.717) is 17.9 Å². The summed E-state index contributed by atoms with van der Waals surface area (Å²) in [4.78, 5) is 27.5. The van der Waals surface area contributed by atoms with Crippen LogP contribution in [0.2, 0.25) is 0 Å². The average molecular weight is 315 g/mol. The van der Waals surface area contributed by atoms with Crippen molar-refractivity contribution in [1.29, 1.82) is 0 Å². The third-order valence-electron chi connectivity index (χ3n) is 5.43. The molecule has 7 nitrogen and oxygen atoms in total. The zero-order valence-corrected chi connectivity index (χ0v) is 13.1. The van der Waals surface area contributed by atoms with Gasteiger partial charge in [-0.15, -0.1) is 0 Å². The lowest BCUT2D eigenvalue weighted by Gasteiger charge is -2.27. The largest absolute Gasteiger partial charge is 0.387 e. The van der Waals surface area contributed by atoms with Gasteiger partial charge in [-0.3, -0.25) is 4.79 Å². The van der Waals surface area contributed by atoms with E-state index in [1.54, 1.807) is 11.2 Å². The summed E-state index contributed by atoms with van der Waals surface area (Å²) in [7, 11) is 2.09. The molecular weight excluding hydrogens is 294 g/mol. The van der Waals surface area contributed by atoms with Crippen molar-refractivity contribution in [3.63, 3.8) is 0 Å². The second-order valence-electron chi connectivity index (χ2n) is 6.65. The van der Waals surface area contributed by atoms with E-state index in [2.05, 4.69) is 26.9 Å². The fourth-order valence-electron chi connectivity index (χ4n) is 4.20. The zero-order chi connectivity index (χ0) is 16.0. The van der Waals surface area contributed by atoms with Crippen molar-refractivity contribution in [3.05, 3.63) is 18.6 Å². The smallest absolute Gasteiger partial charge is 0.248 e. The number of nitrogens with zero attached hydrogens (tertiary/aromatic N) is 4. The van der Waals surface area contributed by atoms with E-state index in [9.17, 15) is 4.79 Å². The van der Waals surface area contributed by atoms with Gasteiger partial charge in [0.1, 0.15) is 24.4 Å². The molecule has 1 aliphatic carbocycles. The molecule has 1 saturated carbocycles. The first-order chi connectivity index (χ1) is 11.2. The molecule has 1 aliphatic heterocycles. The van der Waals surface area contributed by atoms with E-state index in [1.165, 1.54) is 0 Å². The number of fused-ring (bicyclic) bond motifs is 2. The Morgan fingerprint density at radius 3 is 2.83 bits per heavy atom. The molecule has 0 aromatic carbocycles. The van der Waals surface area contributed by atoms with Crippen molar-refractivity contribution in [2.45, 2.75) is 18.9 Å². The number of H-pyrrole nitrogens is 1. The molecule has 2 aromatic heterocycles. The van der Waals surface area contributed by atoms with Crippen LogP contribution >= 0.6 is 0 Å². The summed E-state index contributed by atoms with van der Waals surface area (Å²) in [6.07, 6.45) is 5.61. The number of aromatic amines is 1. The van der Waals surface area contributed by atoms with Crippen molar-refractivity contribution < 1.29 is 9.90 Å². The average Bonchev–Trinajstić information content (AvgIpc) is 3.26. The topological polar surface area (TPSA) is 85.4 Å². The van der Waals surface area contributed by atoms with Crippen LogP contribution in [0.3, 0.4) is 0 Å². The zero-order valence-electron chi connectivity index (χ0n) is 13.1. The predicted octanol–water partition coefficient (Wildman–Crippen LogP) is 0.623. The van der Waals surface area contributed by atoms with Gasteiger partial charge in [0.25, 0.3) is 0 Å². The Balaban J connectivity index is 1.49. The van der Waals surface area contributed by atoms with Crippen molar-refractivity contribution in [1.82, 2.24) is 19.9 Å². The molecule has 4 rings (SSSR count). The van der Waals surface area contributed by atoms with Crippen LogP contribution in [0.15, 0.2) is 18.6 Å². The normalized spacial score (nSPS) is 26.7. The van der Waals surface area contributed by atoms with Gasteiger partial charge in [-0.25, -0.2) is 9.97 Å². The summed E-state index contributed by atoms with van der Waals surface area (Å²) in [5, 5.41) is 10.1. The predicted molar refractivity (Wildman–Crippen MR) is 86.0 cm³/mol. The second kappa shape index (κ2) is 5.49. The highest BCUT2D eigenvalue weighted by Gasteiger charge is 2.43. The molecule has 1 amide bonds. The summed E-state index contributed by atoms with van der Waals surface area (Å²) in [6.45, 7) is 1.17. The first-order valence-corrected chi connectivity index (χ1v) is 8.07. The summed E-state index contributed by atoms with van der Waals surface area (Å²) < 4.78 is 0. The van der Waals surface area contributed by atoms with E-state index in [1.807, 2.05) is 12.3 Å². The van der Waals surface area contributed by atoms with Gasteiger partial charge in [0.05, 0.1) is 5.39 Å². The molecule has 7 heteroatoms. The minimum Gasteiger partial charge on any atom is -0.387 e. The van der Waals surface area contributed by atoms with Gasteiger partial charge in [-0.05, 0) is 30.7 Å². The molecule has 122 valence electrons. The first kappa shape index (κ1) is 14.4. The Labute approximate surface area is 134 Å². The highest BCUT2D eigenvalue weighted by molar-refractivity contribution is 5.87. The van der Waals surface area contributed by atoms with E-state index < -0.39 is 0 Å². The number of carbonyl (C=O) groups excluding carboxylic acids is 1. The fraction of sp³-hybridized carbons (Fsp3) is 0.562. The van der Waals surface area contributed by atoms with Gasteiger partial charge in [-0.2, -0.15) is 0 Å². The van der Waals surface area contributed by atoms with Crippen LogP contribution in [0, 0.1) is 11.8 Å². The second-order valence-corrected chi connectivity index (χ2v) is 6.65. The maximum Gasteiger partial charge on any atom is 0.248 e. The molecule has 2 aliphatic rings. The highest BCUT2D eigenvalue weighted by atomic mass is 16.3. The van der Waals surface area contributed by atoms with Crippen LogP contribution < -0.4 is 4.90 Å². The highest BCUT2D eigenvalue weighted by Crippen LogP contribution is 2.41. The van der Waals surface area contributed by atoms with Crippen LogP contribution in [0.25, 0.3) is 11.0 Å². The lowest BCUT2D eigenvalue weighted by atomic mass is 10.0. The van der Waals surface area contributed by atoms with Crippen LogP contribution in [-0.2, 0) is 4.79 Å². The molecule has 3 atom stereocenters. The number of aromatic nitrogens is 3. The number of aliphatic hydroxyl groups excluding tert-OH is 1. The van der Waals surface area contributed by atoms with Gasteiger partial charge >= 0.3 is 0 Å². The van der Waals surface area contributed by atoms with Crippen LogP contribution in [0.4, 0.5) is 5.82 Å². The van der Waals surface area contributed by atoms with Gasteiger partial charge < -0.3 is 19.9 Å². The van der Waals surface area contributed by atoms with E-state index in [4.69, 9.17) is 5.11 Å². The number of likely N-dealkylation sites (tertiary alicyclic amines) is 1. The lowest BCUT2D eigenvalue weighted by molar-refractivity contribution is -0.133. The maximum absolute atomic E-state index is 11.6. The van der Waals surface area contributed by atoms with Crippen molar-refractivity contribution in [2.24, 2.45) is 11.8 Å². The molecule has 23 heavy (non-hydrogen) atoms. The summed E-state index contributed by atoms with van der Waals surface area (Å²) in [6, 6.07) is 2.45. The van der Waals surface area contributed by atoms with E-state index in [-0.39, 0.29) is 12.5 Å². The number of rotatable bonds is 3. The van der Waals surface area contributed by atoms with Gasteiger partial charge in [0.15, 0.2) is 0 Å². The number of aliphatic hydroxyl groups is 1. The molecular formula is C16H21N5O2. The van der Waals surface area contributed by atoms with Crippen LogP contribution in [0.1, 0.15) is 12.8 Å². The molecule has 0 bridgehead atoms. The molecule has 3 heterocycles. The Kier molecular flexibility index (Phi) is 3.45. The number of anilines is 1. The van der Waals surface area contributed by atoms with E-state index >= 15 is 0 Å². The van der Waals surface area contributed by atoms with Crippen molar-refractivity contribution in [3.8, 4) is 0 Å². The van der Waals surface area contributed by atoms with Crippen molar-refractivity contribution in [2.75, 3.05) is 31.6 Å². The Morgan fingerprint density at radius 1 is 1.39 bits per heavy atom. The first-order valence-electron chi connectivity index (χ1n) is 8.07. The Morgan fingerprint density at radius 2 is 2.13 bits per heavy atom. The SMILES string of the molecule is CN(c1ncnc2[nH]ccc12)C1CC2CN(C(=O)CO)C[C@H]2C1. The van der Waals surface area contributed by atoms with Gasteiger partial charge in [-0.1, -0.05) is 0 Å². The Bertz CT molecular complexity index is 716. The molecule has 1 saturated heterocycles. The lowest BCUT2D eigenvalue weighted by Crippen LogP contribution is -2.35. The number of hydrogen-bond acceptors (Lipinski definition) is 5. The quantitative estimate of drug-likeness (QED) is 0.867. The maximum atomic E-state index is 11.6. The number of amides is 1. The van der Waals surface area contributed by atoms with Gasteiger partial charge in [0, 0.05) is 32.4 Å². The fourth-order valence-corrected chi connectivity index (χ4v) is 4.20. The van der Waals surface area contributed by atoms with Crippen LogP contribution in [0.5, 0.6) is 0 Å². The molecule has 2 N–H and O–H groups in total. The molecule has 0 radical (unpaired) electrons. The summed E-state index contributed by atoms with van der Waals surface area (Å²) >= 11 is 0. The number of carbonyl (C=O) groups is 1. The minimum atomic E-state index is -0.380. The summed E-state index contributed by atoms with van der Waals surface area (Å²) in [5.74, 6) is 1.88. The molecule has 2 aromatic rings. The number of hydrogen-bond donors (Lipinski definition) is 2. The minimum absolute atomic E-state index is 0.144. The molecule has 0 spiro atoms. The van der Waals surface area contributed by atoms with Crippen molar-refractivity contribution >= 4 is 22.8 Å². The summed E-state index contributed by atoms with van der Waals surface area (Å²) in [5.41, 5.74) is 0.861.